The van der Waals surface area contributed by atoms with Gasteiger partial charge in [-0.15, -0.1) is 0 Å². The molecule has 11 aromatic carbocycles. The molecule has 0 amide bonds. The lowest BCUT2D eigenvalue weighted by atomic mass is 9.67. The fourth-order valence-electron chi connectivity index (χ4n) is 13.4. The molecule has 11 aromatic rings. The Morgan fingerprint density at radius 3 is 1.15 bits per heavy atom. The second-order valence-electron chi connectivity index (χ2n) is 19.6. The summed E-state index contributed by atoms with van der Waals surface area (Å²) >= 11 is 0. The molecule has 0 spiro atoms. The highest BCUT2D eigenvalue weighted by Crippen LogP contribution is 2.61. The average molecular weight is 904 g/mol. The molecule has 71 heavy (non-hydrogen) atoms. The summed E-state index contributed by atoms with van der Waals surface area (Å²) in [6, 6.07) is 104. The average Bonchev–Trinajstić information content (AvgIpc) is 4.03. The third kappa shape index (κ3) is 5.69. The Morgan fingerprint density at radius 2 is 0.620 bits per heavy atom. The lowest BCUT2D eigenvalue weighted by Gasteiger charge is -2.35. The Balaban J connectivity index is 1.04. The molecule has 0 saturated carbocycles. The summed E-state index contributed by atoms with van der Waals surface area (Å²) in [6.45, 7) is 2.42. The van der Waals surface area contributed by atoms with Crippen LogP contribution in [0.25, 0.3) is 33.4 Å². The minimum atomic E-state index is -0.545. The van der Waals surface area contributed by atoms with Crippen LogP contribution in [0.1, 0.15) is 68.1 Å². The van der Waals surface area contributed by atoms with Crippen molar-refractivity contribution in [3.63, 3.8) is 0 Å². The van der Waals surface area contributed by atoms with Crippen molar-refractivity contribution in [1.82, 2.24) is 0 Å². The molecule has 1 heteroatoms. The van der Waals surface area contributed by atoms with Gasteiger partial charge in [-0.25, -0.2) is 0 Å². The van der Waals surface area contributed by atoms with Gasteiger partial charge in [0.2, 0.25) is 0 Å². The first-order valence-electron chi connectivity index (χ1n) is 24.9. The molecule has 3 aliphatic rings. The van der Waals surface area contributed by atoms with Crippen LogP contribution in [0, 0.1) is 0 Å². The maximum Gasteiger partial charge on any atom is 0.0714 e. The van der Waals surface area contributed by atoms with Gasteiger partial charge in [0, 0.05) is 22.4 Å². The second kappa shape index (κ2) is 15.9. The van der Waals surface area contributed by atoms with Gasteiger partial charge in [-0.1, -0.05) is 249 Å². The van der Waals surface area contributed by atoms with E-state index < -0.39 is 10.8 Å². The van der Waals surface area contributed by atoms with Crippen LogP contribution >= 0.6 is 0 Å². The Labute approximate surface area is 416 Å². The van der Waals surface area contributed by atoms with E-state index in [4.69, 9.17) is 0 Å². The molecule has 14 rings (SSSR count). The van der Waals surface area contributed by atoms with Crippen molar-refractivity contribution in [2.75, 3.05) is 4.90 Å². The van der Waals surface area contributed by atoms with Gasteiger partial charge in [0.1, 0.15) is 0 Å². The zero-order chi connectivity index (χ0) is 47.2. The lowest BCUT2D eigenvalue weighted by Crippen LogP contribution is -2.28. The topological polar surface area (TPSA) is 3.24 Å². The molecule has 0 aromatic heterocycles. The van der Waals surface area contributed by atoms with Crippen LogP contribution in [0.15, 0.2) is 279 Å². The quantitative estimate of drug-likeness (QED) is 0.147. The van der Waals surface area contributed by atoms with Crippen LogP contribution in [0.2, 0.25) is 0 Å². The highest BCUT2D eigenvalue weighted by Gasteiger charge is 2.49. The summed E-state index contributed by atoms with van der Waals surface area (Å²) in [7, 11) is 0. The SMILES string of the molecule is CC1(c2ccccc2)c2ccccc2-c2ccc(N(c3ccc(C4(c5ccccc5)c5ccccc5-c5ccccc54)cc3)c3cccc4c3-c3ccccc3C4(c3ccccc3)c3ccccc3)cc21. The van der Waals surface area contributed by atoms with Crippen molar-refractivity contribution < 1.29 is 0 Å². The number of hydrogen-bond acceptors (Lipinski definition) is 1. The van der Waals surface area contributed by atoms with Crippen LogP contribution in [0.3, 0.4) is 0 Å². The highest BCUT2D eigenvalue weighted by molar-refractivity contribution is 5.98. The van der Waals surface area contributed by atoms with Gasteiger partial charge in [0.05, 0.1) is 16.5 Å². The van der Waals surface area contributed by atoms with Crippen molar-refractivity contribution in [3.05, 3.63) is 340 Å². The summed E-state index contributed by atoms with van der Waals surface area (Å²) in [5.74, 6) is 0. The van der Waals surface area contributed by atoms with Crippen LogP contribution in [-0.4, -0.2) is 0 Å². The van der Waals surface area contributed by atoms with Crippen molar-refractivity contribution in [3.8, 4) is 33.4 Å². The van der Waals surface area contributed by atoms with Gasteiger partial charge in [-0.2, -0.15) is 0 Å². The normalized spacial score (nSPS) is 16.0. The van der Waals surface area contributed by atoms with Gasteiger partial charge in [0.25, 0.3) is 0 Å². The Hall–Kier alpha value is -8.78. The zero-order valence-corrected chi connectivity index (χ0v) is 39.5. The molecule has 1 atom stereocenters. The van der Waals surface area contributed by atoms with E-state index >= 15 is 0 Å². The van der Waals surface area contributed by atoms with Gasteiger partial charge in [0.15, 0.2) is 0 Å². The maximum atomic E-state index is 2.55. The Bertz CT molecular complexity index is 3730. The van der Waals surface area contributed by atoms with Crippen LogP contribution in [-0.2, 0) is 16.2 Å². The molecule has 0 fully saturated rings. The van der Waals surface area contributed by atoms with Crippen LogP contribution in [0.5, 0.6) is 0 Å². The predicted octanol–water partition coefficient (Wildman–Crippen LogP) is 17.2. The van der Waals surface area contributed by atoms with Crippen molar-refractivity contribution in [2.45, 2.75) is 23.2 Å². The van der Waals surface area contributed by atoms with E-state index in [1.807, 2.05) is 0 Å². The molecule has 0 heterocycles. The van der Waals surface area contributed by atoms with Gasteiger partial charge in [-0.05, 0) is 126 Å². The van der Waals surface area contributed by atoms with Crippen LogP contribution in [0.4, 0.5) is 17.1 Å². The minimum absolute atomic E-state index is 0.370. The summed E-state index contributed by atoms with van der Waals surface area (Å²) in [6.07, 6.45) is 0. The molecule has 0 aliphatic heterocycles. The monoisotopic (exact) mass is 903 g/mol. The number of hydrogen-bond donors (Lipinski definition) is 0. The molecular formula is C70H49N. The highest BCUT2D eigenvalue weighted by atomic mass is 15.1. The molecule has 3 aliphatic carbocycles. The first-order valence-corrected chi connectivity index (χ1v) is 24.9. The molecular weight excluding hydrogens is 855 g/mol. The van der Waals surface area contributed by atoms with E-state index in [-0.39, 0.29) is 5.41 Å². The second-order valence-corrected chi connectivity index (χ2v) is 19.6. The van der Waals surface area contributed by atoms with Gasteiger partial charge in [-0.3, -0.25) is 0 Å². The number of benzene rings is 11. The summed E-state index contributed by atoms with van der Waals surface area (Å²) < 4.78 is 0. The predicted molar refractivity (Wildman–Crippen MR) is 293 cm³/mol. The zero-order valence-electron chi connectivity index (χ0n) is 39.5. The molecule has 1 nitrogen and oxygen atoms in total. The number of fused-ring (bicyclic) bond motifs is 9. The first-order chi connectivity index (χ1) is 35.1. The van der Waals surface area contributed by atoms with Crippen molar-refractivity contribution in [1.29, 1.82) is 0 Å². The van der Waals surface area contributed by atoms with E-state index in [9.17, 15) is 0 Å². The third-order valence-electron chi connectivity index (χ3n) is 16.3. The van der Waals surface area contributed by atoms with E-state index in [0.717, 1.165) is 17.1 Å². The van der Waals surface area contributed by atoms with E-state index in [1.54, 1.807) is 0 Å². The fraction of sp³-hybridized carbons (Fsp3) is 0.0571. The van der Waals surface area contributed by atoms with E-state index in [1.165, 1.54) is 94.6 Å². The minimum Gasteiger partial charge on any atom is -0.310 e. The maximum absolute atomic E-state index is 2.55. The van der Waals surface area contributed by atoms with E-state index in [0.29, 0.717) is 0 Å². The molecule has 0 bridgehead atoms. The smallest absolute Gasteiger partial charge is 0.0714 e. The third-order valence-corrected chi connectivity index (χ3v) is 16.3. The van der Waals surface area contributed by atoms with Crippen molar-refractivity contribution in [2.24, 2.45) is 0 Å². The number of nitrogens with zero attached hydrogens (tertiary/aromatic N) is 1. The first kappa shape index (κ1) is 41.2. The van der Waals surface area contributed by atoms with Gasteiger partial charge < -0.3 is 4.90 Å². The molecule has 0 N–H and O–H groups in total. The largest absolute Gasteiger partial charge is 0.310 e. The summed E-state index contributed by atoms with van der Waals surface area (Å²) in [5.41, 5.74) is 23.7. The molecule has 334 valence electrons. The Kier molecular flexibility index (Phi) is 9.22. The standard InChI is InChI=1S/C70H49N/c1-68(48-23-6-2-7-24-48)60-35-18-14-31-55(60)58-46-45-54(47-65(58)68)71(53-43-41-52(42-44-53)69(49-25-8-3-9-26-49)61-36-19-15-32-56(61)57-33-16-20-37-62(57)69)66-40-22-39-64-67(66)59-34-17-21-38-63(59)70(64,50-27-10-4-11-28-50)51-29-12-5-13-30-51/h2-47H,1H3. The van der Waals surface area contributed by atoms with Gasteiger partial charge >= 0.3 is 0 Å². The molecule has 0 saturated heterocycles. The van der Waals surface area contributed by atoms with Crippen molar-refractivity contribution >= 4 is 17.1 Å². The Morgan fingerprint density at radius 1 is 0.254 bits per heavy atom. The molecule has 0 radical (unpaired) electrons. The van der Waals surface area contributed by atoms with Crippen LogP contribution < -0.4 is 4.90 Å². The molecule has 1 unspecified atom stereocenters. The van der Waals surface area contributed by atoms with E-state index in [2.05, 4.69) is 291 Å². The lowest BCUT2D eigenvalue weighted by molar-refractivity contribution is 0.714. The summed E-state index contributed by atoms with van der Waals surface area (Å²) in [5, 5.41) is 0. The fourth-order valence-corrected chi connectivity index (χ4v) is 13.4. The summed E-state index contributed by atoms with van der Waals surface area (Å²) in [4.78, 5) is 2.55. The number of anilines is 3. The number of rotatable bonds is 8.